The largest absolute Gasteiger partial charge is 0.394 e. The average Bonchev–Trinajstić information content (AvgIpc) is 3.20. The third-order valence-corrected chi connectivity index (χ3v) is 5.03. The lowest BCUT2D eigenvalue weighted by Crippen LogP contribution is -2.14. The molecule has 0 spiro atoms. The van der Waals surface area contributed by atoms with Gasteiger partial charge < -0.3 is 15.2 Å². The molecule has 0 saturated heterocycles. The Balaban J connectivity index is 1.68. The minimum Gasteiger partial charge on any atom is -0.394 e. The van der Waals surface area contributed by atoms with Crippen molar-refractivity contribution in [1.82, 2.24) is 19.6 Å². The van der Waals surface area contributed by atoms with Crippen LogP contribution in [-0.2, 0) is 17.6 Å². The Bertz CT molecular complexity index is 812. The fourth-order valence-corrected chi connectivity index (χ4v) is 4.18. The number of aliphatic hydroxyl groups excluding tert-OH is 1. The first-order chi connectivity index (χ1) is 10.9. The van der Waals surface area contributed by atoms with E-state index < -0.39 is 0 Å². The van der Waals surface area contributed by atoms with Gasteiger partial charge in [0.15, 0.2) is 5.65 Å². The van der Waals surface area contributed by atoms with E-state index in [0.29, 0.717) is 25.7 Å². The SMILES string of the molecule is OCCOCCNc1nc2sc3c(c2c2ncnn12)CCC3. The Morgan fingerprint density at radius 3 is 3.23 bits per heavy atom. The smallest absolute Gasteiger partial charge is 0.227 e. The van der Waals surface area contributed by atoms with Crippen molar-refractivity contribution < 1.29 is 9.84 Å². The molecule has 0 fully saturated rings. The van der Waals surface area contributed by atoms with Gasteiger partial charge in [0.25, 0.3) is 0 Å². The zero-order valence-corrected chi connectivity index (χ0v) is 12.9. The Morgan fingerprint density at radius 2 is 2.32 bits per heavy atom. The van der Waals surface area contributed by atoms with Gasteiger partial charge in [0.1, 0.15) is 11.2 Å². The topological polar surface area (TPSA) is 84.6 Å². The summed E-state index contributed by atoms with van der Waals surface area (Å²) in [5.41, 5.74) is 2.28. The number of rotatable bonds is 6. The van der Waals surface area contributed by atoms with E-state index in [1.54, 1.807) is 22.2 Å². The summed E-state index contributed by atoms with van der Waals surface area (Å²) in [6.07, 6.45) is 5.05. The van der Waals surface area contributed by atoms with Gasteiger partial charge in [-0.2, -0.15) is 9.61 Å². The third-order valence-electron chi connectivity index (χ3n) is 3.85. The minimum absolute atomic E-state index is 0.0400. The van der Waals surface area contributed by atoms with Crippen molar-refractivity contribution in [3.05, 3.63) is 16.8 Å². The van der Waals surface area contributed by atoms with Gasteiger partial charge in [0, 0.05) is 11.4 Å². The molecule has 7 nitrogen and oxygen atoms in total. The van der Waals surface area contributed by atoms with Gasteiger partial charge in [-0.3, -0.25) is 0 Å². The van der Waals surface area contributed by atoms with Gasteiger partial charge in [-0.05, 0) is 24.8 Å². The third kappa shape index (κ3) is 2.23. The molecule has 0 atom stereocenters. The summed E-state index contributed by atoms with van der Waals surface area (Å²) in [5.74, 6) is 0.688. The quantitative estimate of drug-likeness (QED) is 0.665. The van der Waals surface area contributed by atoms with Crippen molar-refractivity contribution in [3.63, 3.8) is 0 Å². The minimum atomic E-state index is 0.0400. The van der Waals surface area contributed by atoms with Gasteiger partial charge in [-0.25, -0.2) is 9.97 Å². The molecule has 3 aromatic heterocycles. The zero-order chi connectivity index (χ0) is 14.9. The number of aromatic nitrogens is 4. The number of aryl methyl sites for hydroxylation is 2. The molecule has 1 aliphatic carbocycles. The molecule has 0 amide bonds. The maximum Gasteiger partial charge on any atom is 0.227 e. The van der Waals surface area contributed by atoms with Crippen molar-refractivity contribution in [3.8, 4) is 0 Å². The van der Waals surface area contributed by atoms with Crippen LogP contribution in [-0.4, -0.2) is 51.1 Å². The predicted octanol–water partition coefficient (Wildman–Crippen LogP) is 1.25. The normalized spacial score (nSPS) is 14.0. The summed E-state index contributed by atoms with van der Waals surface area (Å²) in [5, 5.41) is 17.4. The van der Waals surface area contributed by atoms with Crippen LogP contribution in [0, 0.1) is 0 Å². The maximum absolute atomic E-state index is 8.69. The predicted molar refractivity (Wildman–Crippen MR) is 84.6 cm³/mol. The van der Waals surface area contributed by atoms with Crippen molar-refractivity contribution in [2.45, 2.75) is 19.3 Å². The van der Waals surface area contributed by atoms with Gasteiger partial charge >= 0.3 is 0 Å². The first-order valence-corrected chi connectivity index (χ1v) is 8.26. The number of fused-ring (bicyclic) bond motifs is 5. The number of ether oxygens (including phenoxy) is 1. The van der Waals surface area contributed by atoms with E-state index in [9.17, 15) is 0 Å². The number of anilines is 1. The van der Waals surface area contributed by atoms with Gasteiger partial charge in [-0.15, -0.1) is 11.3 Å². The van der Waals surface area contributed by atoms with E-state index in [2.05, 4.69) is 15.4 Å². The molecular weight excluding hydrogens is 302 g/mol. The number of thiophene rings is 1. The van der Waals surface area contributed by atoms with Crippen LogP contribution >= 0.6 is 11.3 Å². The monoisotopic (exact) mass is 319 g/mol. The van der Waals surface area contributed by atoms with E-state index in [1.807, 2.05) is 0 Å². The number of aliphatic hydroxyl groups is 1. The number of hydrogen-bond donors (Lipinski definition) is 2. The van der Waals surface area contributed by atoms with Crippen molar-refractivity contribution in [2.24, 2.45) is 0 Å². The second-order valence-electron chi connectivity index (χ2n) is 5.23. The molecule has 0 radical (unpaired) electrons. The van der Waals surface area contributed by atoms with Crippen LogP contribution in [0.4, 0.5) is 5.95 Å². The summed E-state index contributed by atoms with van der Waals surface area (Å²) < 4.78 is 7.02. The van der Waals surface area contributed by atoms with Gasteiger partial charge in [0.05, 0.1) is 25.2 Å². The van der Waals surface area contributed by atoms with Crippen LogP contribution in [0.25, 0.3) is 15.9 Å². The highest BCUT2D eigenvalue weighted by Crippen LogP contribution is 2.38. The summed E-state index contributed by atoms with van der Waals surface area (Å²) in [6.45, 7) is 1.51. The van der Waals surface area contributed by atoms with Crippen molar-refractivity contribution in [1.29, 1.82) is 0 Å². The second kappa shape index (κ2) is 5.79. The lowest BCUT2D eigenvalue weighted by atomic mass is 10.2. The van der Waals surface area contributed by atoms with E-state index in [-0.39, 0.29) is 6.61 Å². The molecule has 0 saturated carbocycles. The first-order valence-electron chi connectivity index (χ1n) is 7.45. The maximum atomic E-state index is 8.69. The number of nitrogens with one attached hydrogen (secondary N) is 1. The van der Waals surface area contributed by atoms with Gasteiger partial charge in [-0.1, -0.05) is 0 Å². The highest BCUT2D eigenvalue weighted by Gasteiger charge is 2.22. The lowest BCUT2D eigenvalue weighted by Gasteiger charge is -2.08. The van der Waals surface area contributed by atoms with Crippen LogP contribution in [0.3, 0.4) is 0 Å². The van der Waals surface area contributed by atoms with Gasteiger partial charge in [0.2, 0.25) is 5.95 Å². The highest BCUT2D eigenvalue weighted by molar-refractivity contribution is 7.19. The van der Waals surface area contributed by atoms with Crippen LogP contribution in [0.15, 0.2) is 6.33 Å². The van der Waals surface area contributed by atoms with E-state index in [4.69, 9.17) is 14.8 Å². The Morgan fingerprint density at radius 1 is 1.36 bits per heavy atom. The molecule has 0 bridgehead atoms. The lowest BCUT2D eigenvalue weighted by molar-refractivity contribution is 0.0991. The molecule has 116 valence electrons. The molecule has 1 aliphatic rings. The summed E-state index contributed by atoms with van der Waals surface area (Å²) in [4.78, 5) is 11.6. The van der Waals surface area contributed by atoms with E-state index >= 15 is 0 Å². The number of hydrogen-bond acceptors (Lipinski definition) is 7. The summed E-state index contributed by atoms with van der Waals surface area (Å²) in [6, 6.07) is 0. The average molecular weight is 319 g/mol. The molecule has 22 heavy (non-hydrogen) atoms. The van der Waals surface area contributed by atoms with E-state index in [1.165, 1.54) is 16.9 Å². The molecule has 4 rings (SSSR count). The fourth-order valence-electron chi connectivity index (χ4n) is 2.93. The highest BCUT2D eigenvalue weighted by atomic mass is 32.1. The second-order valence-corrected chi connectivity index (χ2v) is 6.31. The molecule has 3 heterocycles. The summed E-state index contributed by atoms with van der Waals surface area (Å²) in [7, 11) is 0. The van der Waals surface area contributed by atoms with Crippen LogP contribution in [0.2, 0.25) is 0 Å². The Labute approximate surface area is 131 Å². The Hall–Kier alpha value is -1.77. The van der Waals surface area contributed by atoms with Crippen molar-refractivity contribution in [2.75, 3.05) is 31.7 Å². The van der Waals surface area contributed by atoms with Crippen LogP contribution in [0.1, 0.15) is 16.9 Å². The number of nitrogens with zero attached hydrogens (tertiary/aromatic N) is 4. The van der Waals surface area contributed by atoms with E-state index in [0.717, 1.165) is 28.7 Å². The molecule has 8 heteroatoms. The van der Waals surface area contributed by atoms with Crippen LogP contribution < -0.4 is 5.32 Å². The summed E-state index contributed by atoms with van der Waals surface area (Å²) >= 11 is 1.77. The standard InChI is InChI=1S/C14H17N5O2S/c20-5-7-21-6-4-15-14-18-13-11(12-16-8-17-19(12)14)9-2-1-3-10(9)22-13/h8,20H,1-7H2,(H,15,18). The first kappa shape index (κ1) is 13.9. The molecule has 0 aliphatic heterocycles. The van der Waals surface area contributed by atoms with Crippen LogP contribution in [0.5, 0.6) is 0 Å². The molecule has 3 aromatic rings. The van der Waals surface area contributed by atoms with Crippen molar-refractivity contribution >= 4 is 33.1 Å². The zero-order valence-electron chi connectivity index (χ0n) is 12.1. The Kier molecular flexibility index (Phi) is 3.65. The molecule has 0 unspecified atom stereocenters. The fraction of sp³-hybridized carbons (Fsp3) is 0.500. The molecule has 0 aromatic carbocycles. The molecular formula is C14H17N5O2S. The molecule has 2 N–H and O–H groups in total.